The first-order valence-electron chi connectivity index (χ1n) is 9.82. The van der Waals surface area contributed by atoms with Crippen LogP contribution in [-0.2, 0) is 14.4 Å². The number of nitrogens with zero attached hydrogens (tertiary/aromatic N) is 2. The van der Waals surface area contributed by atoms with Crippen LogP contribution < -0.4 is 5.32 Å². The number of nitro benzene ring substituents is 1. The summed E-state index contributed by atoms with van der Waals surface area (Å²) in [5.74, 6) is -1.48. The number of hydrogen-bond donors (Lipinski definition) is 2. The third-order valence-electron chi connectivity index (χ3n) is 4.80. The van der Waals surface area contributed by atoms with E-state index in [4.69, 9.17) is 21.7 Å². The number of carbonyl (C=O) groups excluding carboxylic acids is 2. The summed E-state index contributed by atoms with van der Waals surface area (Å²) in [5, 5.41) is 22.1. The van der Waals surface area contributed by atoms with E-state index in [0.29, 0.717) is 35.1 Å². The number of benzene rings is 1. The molecule has 0 unspecified atom stereocenters. The number of furan rings is 1. The van der Waals surface area contributed by atoms with Crippen LogP contribution in [0, 0.1) is 10.1 Å². The summed E-state index contributed by atoms with van der Waals surface area (Å²) in [5.41, 5.74) is 0.328. The Kier molecular flexibility index (Phi) is 7.71. The van der Waals surface area contributed by atoms with Crippen LogP contribution in [-0.4, -0.2) is 44.4 Å². The van der Waals surface area contributed by atoms with Crippen LogP contribution in [0.3, 0.4) is 0 Å². The molecule has 2 heterocycles. The van der Waals surface area contributed by atoms with Gasteiger partial charge in [-0.2, -0.15) is 0 Å². The lowest BCUT2D eigenvalue weighted by Gasteiger charge is -2.28. The lowest BCUT2D eigenvalue weighted by Crippen LogP contribution is -2.54. The van der Waals surface area contributed by atoms with Crippen molar-refractivity contribution in [1.82, 2.24) is 10.2 Å². The van der Waals surface area contributed by atoms with E-state index in [-0.39, 0.29) is 35.1 Å². The van der Waals surface area contributed by atoms with Gasteiger partial charge in [0.25, 0.3) is 17.5 Å². The molecule has 1 saturated heterocycles. The highest BCUT2D eigenvalue weighted by Gasteiger charge is 2.33. The third-order valence-corrected chi connectivity index (χ3v) is 5.78. The average molecular weight is 536 g/mol. The van der Waals surface area contributed by atoms with Gasteiger partial charge in [0.05, 0.1) is 4.92 Å². The quantitative estimate of drug-likeness (QED) is 0.123. The minimum atomic E-state index is -0.879. The van der Waals surface area contributed by atoms with Gasteiger partial charge in [-0.1, -0.05) is 6.42 Å². The van der Waals surface area contributed by atoms with E-state index < -0.39 is 22.7 Å². The molecule has 1 aliphatic heterocycles. The topological polar surface area (TPSA) is 143 Å². The fourth-order valence-electron chi connectivity index (χ4n) is 3.15. The normalized spacial score (nSPS) is 15.1. The Morgan fingerprint density at radius 2 is 2.00 bits per heavy atom. The highest BCUT2D eigenvalue weighted by molar-refractivity contribution is 9.10. The number of hydrogen-bond acceptors (Lipinski definition) is 7. The van der Waals surface area contributed by atoms with Gasteiger partial charge in [-0.25, -0.2) is 0 Å². The molecule has 1 fully saturated rings. The number of carbonyl (C=O) groups is 3. The van der Waals surface area contributed by atoms with Crippen molar-refractivity contribution in [3.05, 3.63) is 56.3 Å². The summed E-state index contributed by atoms with van der Waals surface area (Å²) in [6.45, 7) is 0.244. The number of carboxylic acid groups (broad SMARTS) is 1. The summed E-state index contributed by atoms with van der Waals surface area (Å²) in [4.78, 5) is 47.5. The van der Waals surface area contributed by atoms with Crippen molar-refractivity contribution in [1.29, 1.82) is 0 Å². The molecule has 0 radical (unpaired) electrons. The Morgan fingerprint density at radius 1 is 1.24 bits per heavy atom. The van der Waals surface area contributed by atoms with Gasteiger partial charge in [-0.15, -0.1) is 0 Å². The van der Waals surface area contributed by atoms with Gasteiger partial charge in [0, 0.05) is 35.1 Å². The molecule has 2 N–H and O–H groups in total. The highest BCUT2D eigenvalue weighted by Crippen LogP contribution is 2.33. The Morgan fingerprint density at radius 3 is 2.67 bits per heavy atom. The van der Waals surface area contributed by atoms with E-state index in [9.17, 15) is 24.5 Å². The van der Waals surface area contributed by atoms with Crippen molar-refractivity contribution in [2.24, 2.45) is 0 Å². The Balaban J connectivity index is 1.75. The Bertz CT molecular complexity index is 1170. The number of aliphatic carboxylic acids is 1. The molecule has 2 aromatic rings. The largest absolute Gasteiger partial charge is 0.481 e. The van der Waals surface area contributed by atoms with Crippen LogP contribution in [0.2, 0.25) is 0 Å². The molecule has 10 nitrogen and oxygen atoms in total. The van der Waals surface area contributed by atoms with Crippen molar-refractivity contribution in [3.8, 4) is 11.3 Å². The summed E-state index contributed by atoms with van der Waals surface area (Å²) in [7, 11) is 0. The second kappa shape index (κ2) is 10.5. The predicted molar refractivity (Wildman–Crippen MR) is 125 cm³/mol. The average Bonchev–Trinajstić information content (AvgIpc) is 3.21. The molecule has 3 rings (SSSR count). The molecule has 12 heteroatoms. The molecule has 0 bridgehead atoms. The first-order chi connectivity index (χ1) is 15.7. The molecule has 0 saturated carbocycles. The standard InChI is InChI=1S/C21H18BrN3O7S/c22-16-10-12(25(30)31)5-7-14(16)17-8-6-13(32-17)11-15-19(28)23-21(33)24(20(15)29)9-3-1-2-4-18(26)27/h5-8,10-11H,1-4,9H2,(H,26,27)(H,23,28,33). The number of amides is 2. The monoisotopic (exact) mass is 535 g/mol. The van der Waals surface area contributed by atoms with Crippen molar-refractivity contribution in [2.75, 3.05) is 6.54 Å². The van der Waals surface area contributed by atoms with Crippen LogP contribution in [0.1, 0.15) is 31.4 Å². The third kappa shape index (κ3) is 5.90. The maximum atomic E-state index is 12.9. The van der Waals surface area contributed by atoms with E-state index in [1.807, 2.05) is 0 Å². The van der Waals surface area contributed by atoms with E-state index in [1.54, 1.807) is 12.1 Å². The number of rotatable bonds is 9. The molecule has 0 atom stereocenters. The molecule has 2 amide bonds. The molecule has 172 valence electrons. The van der Waals surface area contributed by atoms with Gasteiger partial charge >= 0.3 is 5.97 Å². The number of halogens is 1. The first kappa shape index (κ1) is 24.3. The van der Waals surface area contributed by atoms with E-state index >= 15 is 0 Å². The zero-order chi connectivity index (χ0) is 24.1. The zero-order valence-electron chi connectivity index (χ0n) is 17.1. The number of non-ortho nitro benzene ring substituents is 1. The highest BCUT2D eigenvalue weighted by atomic mass is 79.9. The smallest absolute Gasteiger partial charge is 0.303 e. The van der Waals surface area contributed by atoms with Gasteiger partial charge < -0.3 is 9.52 Å². The van der Waals surface area contributed by atoms with Crippen LogP contribution in [0.4, 0.5) is 5.69 Å². The number of nitro groups is 1. The molecular weight excluding hydrogens is 518 g/mol. The maximum Gasteiger partial charge on any atom is 0.303 e. The minimum Gasteiger partial charge on any atom is -0.481 e. The molecule has 0 spiro atoms. The van der Waals surface area contributed by atoms with Crippen LogP contribution in [0.25, 0.3) is 17.4 Å². The van der Waals surface area contributed by atoms with Crippen LogP contribution in [0.5, 0.6) is 0 Å². The SMILES string of the molecule is O=C(O)CCCCCN1C(=O)C(=Cc2ccc(-c3ccc([N+](=O)[O-])cc3Br)o2)C(=O)NC1=S. The van der Waals surface area contributed by atoms with Crippen molar-refractivity contribution in [2.45, 2.75) is 25.7 Å². The second-order valence-corrected chi connectivity index (χ2v) is 8.34. The molecule has 1 aliphatic rings. The van der Waals surface area contributed by atoms with Crippen molar-refractivity contribution in [3.63, 3.8) is 0 Å². The van der Waals surface area contributed by atoms with E-state index in [2.05, 4.69) is 21.2 Å². The predicted octanol–water partition coefficient (Wildman–Crippen LogP) is 3.89. The summed E-state index contributed by atoms with van der Waals surface area (Å²) in [6.07, 6.45) is 2.96. The van der Waals surface area contributed by atoms with E-state index in [0.717, 1.165) is 0 Å². The van der Waals surface area contributed by atoms with Gasteiger partial charge in [0.15, 0.2) is 5.11 Å². The first-order valence-corrected chi connectivity index (χ1v) is 11.0. The number of carboxylic acids is 1. The van der Waals surface area contributed by atoms with Gasteiger partial charge in [-0.3, -0.25) is 34.7 Å². The molecule has 1 aromatic heterocycles. The van der Waals surface area contributed by atoms with Gasteiger partial charge in [0.2, 0.25) is 0 Å². The van der Waals surface area contributed by atoms with Gasteiger partial charge in [-0.05, 0) is 65.3 Å². The summed E-state index contributed by atoms with van der Waals surface area (Å²) in [6, 6.07) is 7.41. The van der Waals surface area contributed by atoms with Crippen LogP contribution in [0.15, 0.2) is 44.8 Å². The number of thiocarbonyl (C=S) groups is 1. The maximum absolute atomic E-state index is 12.9. The number of unbranched alkanes of at least 4 members (excludes halogenated alkanes) is 2. The molecule has 1 aromatic carbocycles. The fourth-order valence-corrected chi connectivity index (χ4v) is 3.98. The number of nitrogens with one attached hydrogen (secondary N) is 1. The molecular formula is C21H18BrN3O7S. The van der Waals surface area contributed by atoms with Gasteiger partial charge in [0.1, 0.15) is 17.1 Å². The molecule has 33 heavy (non-hydrogen) atoms. The lowest BCUT2D eigenvalue weighted by molar-refractivity contribution is -0.384. The lowest BCUT2D eigenvalue weighted by atomic mass is 10.1. The summed E-state index contributed by atoms with van der Waals surface area (Å²) >= 11 is 8.39. The van der Waals surface area contributed by atoms with E-state index in [1.165, 1.54) is 29.2 Å². The van der Waals surface area contributed by atoms with Crippen molar-refractivity contribution < 1.29 is 28.8 Å². The second-order valence-electron chi connectivity index (χ2n) is 7.10. The van der Waals surface area contributed by atoms with Crippen molar-refractivity contribution >= 4 is 62.8 Å². The zero-order valence-corrected chi connectivity index (χ0v) is 19.5. The Hall–Kier alpha value is -3.38. The fraction of sp³-hybridized carbons (Fsp3) is 0.238. The summed E-state index contributed by atoms with van der Waals surface area (Å²) < 4.78 is 6.19. The van der Waals surface area contributed by atoms with Crippen LogP contribution >= 0.6 is 28.1 Å². The Labute approximate surface area is 201 Å². The molecule has 0 aliphatic carbocycles. The minimum absolute atomic E-state index is 0.00433.